The van der Waals surface area contributed by atoms with Crippen LogP contribution in [-0.4, -0.2) is 35.4 Å². The number of fused-ring (bicyclic) bond motifs is 2. The summed E-state index contributed by atoms with van der Waals surface area (Å²) >= 11 is 1.24. The topological polar surface area (TPSA) is 108 Å². The molecule has 1 aliphatic heterocycles. The highest BCUT2D eigenvalue weighted by atomic mass is 32.1. The molecule has 1 atom stereocenters. The van der Waals surface area contributed by atoms with E-state index in [0.29, 0.717) is 39.6 Å². The van der Waals surface area contributed by atoms with E-state index in [1.165, 1.54) is 29.2 Å². The predicted octanol–water partition coefficient (Wildman–Crippen LogP) is 3.60. The maximum absolute atomic E-state index is 14.0. The van der Waals surface area contributed by atoms with E-state index in [1.54, 1.807) is 12.1 Å². The lowest BCUT2D eigenvalue weighted by Crippen LogP contribution is -2.39. The fourth-order valence-electron chi connectivity index (χ4n) is 5.03. The van der Waals surface area contributed by atoms with Crippen LogP contribution in [0.2, 0.25) is 0 Å². The van der Waals surface area contributed by atoms with Crippen molar-refractivity contribution >= 4 is 34.3 Å². The van der Waals surface area contributed by atoms with E-state index < -0.39 is 12.0 Å². The zero-order valence-corrected chi connectivity index (χ0v) is 23.4. The molecule has 204 valence electrons. The van der Waals surface area contributed by atoms with Gasteiger partial charge >= 0.3 is 5.97 Å². The third-order valence-electron chi connectivity index (χ3n) is 6.79. The molecule has 0 unspecified atom stereocenters. The lowest BCUT2D eigenvalue weighted by atomic mass is 9.97. The Bertz CT molecular complexity index is 1870. The minimum atomic E-state index is -0.776. The molecule has 9 nitrogen and oxygen atoms in total. The second-order valence-electron chi connectivity index (χ2n) is 9.01. The number of aromatic nitrogens is 2. The van der Waals surface area contributed by atoms with E-state index >= 15 is 0 Å². The number of benzene rings is 2. The molecular weight excluding hydrogens is 528 g/mol. The molecule has 0 saturated carbocycles. The number of methoxy groups -OCH3 is 1. The molecule has 3 heterocycles. The fraction of sp³-hybridized carbons (Fsp3) is 0.267. The van der Waals surface area contributed by atoms with E-state index in [-0.39, 0.29) is 17.7 Å². The molecule has 2 aromatic carbocycles. The summed E-state index contributed by atoms with van der Waals surface area (Å²) in [4.78, 5) is 31.8. The van der Waals surface area contributed by atoms with E-state index in [4.69, 9.17) is 14.2 Å². The van der Waals surface area contributed by atoms with E-state index in [2.05, 4.69) is 11.1 Å². The summed E-state index contributed by atoms with van der Waals surface area (Å²) < 4.78 is 20.5. The molecule has 0 aliphatic carbocycles. The first-order chi connectivity index (χ1) is 19.4. The van der Waals surface area contributed by atoms with Gasteiger partial charge in [-0.3, -0.25) is 9.36 Å². The number of nitrogens with zero attached hydrogens (tertiary/aromatic N) is 4. The third-order valence-corrected chi connectivity index (χ3v) is 7.79. The lowest BCUT2D eigenvalue weighted by molar-refractivity contribution is -0.136. The summed E-state index contributed by atoms with van der Waals surface area (Å²) in [7, 11) is 1.30. The van der Waals surface area contributed by atoms with E-state index in [0.717, 1.165) is 22.2 Å². The molecule has 0 amide bonds. The first kappa shape index (κ1) is 27.0. The van der Waals surface area contributed by atoms with Gasteiger partial charge in [-0.05, 0) is 50.6 Å². The van der Waals surface area contributed by atoms with Gasteiger partial charge in [-0.25, -0.2) is 9.79 Å². The molecule has 5 rings (SSSR count). The van der Waals surface area contributed by atoms with Gasteiger partial charge in [0.25, 0.3) is 5.56 Å². The minimum absolute atomic E-state index is 0.198. The molecule has 0 spiro atoms. The Labute approximate surface area is 234 Å². The molecule has 0 radical (unpaired) electrons. The average Bonchev–Trinajstić information content (AvgIpc) is 3.42. The fourth-order valence-corrected chi connectivity index (χ4v) is 5.98. The highest BCUT2D eigenvalue weighted by Gasteiger charge is 2.31. The van der Waals surface area contributed by atoms with Crippen molar-refractivity contribution in [2.24, 2.45) is 4.99 Å². The van der Waals surface area contributed by atoms with E-state index in [9.17, 15) is 14.9 Å². The Kier molecular flexibility index (Phi) is 7.58. The van der Waals surface area contributed by atoms with Gasteiger partial charge in [-0.15, -0.1) is 0 Å². The molecule has 4 aromatic rings. The second-order valence-corrected chi connectivity index (χ2v) is 10.0. The largest absolute Gasteiger partial charge is 0.490 e. The number of rotatable bonds is 8. The average molecular weight is 557 g/mol. The van der Waals surface area contributed by atoms with Crippen molar-refractivity contribution in [3.05, 3.63) is 90.7 Å². The number of carbonyl (C=O) groups excluding carboxylic acids is 1. The SMILES string of the molecule is CCOc1ccc([C@H]2C(C(=O)OC)=CN=c3s/c(=C/c4c(C)n(CC#N)c5ccccc45)c(=O)n32)cc1OCC. The van der Waals surface area contributed by atoms with Crippen LogP contribution in [-0.2, 0) is 16.1 Å². The van der Waals surface area contributed by atoms with Gasteiger partial charge in [0.15, 0.2) is 16.3 Å². The van der Waals surface area contributed by atoms with Crippen LogP contribution in [0.1, 0.15) is 36.7 Å². The Balaban J connectivity index is 1.73. The highest BCUT2D eigenvalue weighted by Crippen LogP contribution is 2.35. The monoisotopic (exact) mass is 556 g/mol. The second kappa shape index (κ2) is 11.2. The summed E-state index contributed by atoms with van der Waals surface area (Å²) in [5.41, 5.74) is 3.27. The van der Waals surface area contributed by atoms with Crippen molar-refractivity contribution in [1.29, 1.82) is 5.26 Å². The number of para-hydroxylation sites is 1. The smallest absolute Gasteiger partial charge is 0.337 e. The Morgan fingerprint density at radius 3 is 2.62 bits per heavy atom. The van der Waals surface area contributed by atoms with Crippen molar-refractivity contribution in [2.45, 2.75) is 33.4 Å². The zero-order chi connectivity index (χ0) is 28.4. The number of carbonyl (C=O) groups is 1. The molecule has 0 bridgehead atoms. The maximum atomic E-state index is 14.0. The van der Waals surface area contributed by atoms with Gasteiger partial charge in [0.05, 0.1) is 42.5 Å². The molecule has 0 fully saturated rings. The number of hydrogen-bond acceptors (Lipinski definition) is 8. The van der Waals surface area contributed by atoms with Crippen molar-refractivity contribution in [3.63, 3.8) is 0 Å². The number of thiazole rings is 1. The molecule has 1 aliphatic rings. The Morgan fingerprint density at radius 2 is 1.90 bits per heavy atom. The van der Waals surface area contributed by atoms with Gasteiger partial charge in [0.2, 0.25) is 0 Å². The molecular formula is C30H28N4O5S. The number of esters is 1. The number of hydrogen-bond donors (Lipinski definition) is 0. The zero-order valence-electron chi connectivity index (χ0n) is 22.6. The Morgan fingerprint density at radius 1 is 1.15 bits per heavy atom. The van der Waals surface area contributed by atoms with E-state index in [1.807, 2.05) is 61.7 Å². The molecule has 0 N–H and O–H groups in total. The lowest BCUT2D eigenvalue weighted by Gasteiger charge is -2.23. The van der Waals surface area contributed by atoms with Gasteiger partial charge in [-0.2, -0.15) is 5.26 Å². The summed E-state index contributed by atoms with van der Waals surface area (Å²) in [6.45, 7) is 6.79. The van der Waals surface area contributed by atoms with Crippen LogP contribution in [0.25, 0.3) is 17.0 Å². The summed E-state index contributed by atoms with van der Waals surface area (Å²) in [6, 6.07) is 14.6. The first-order valence-corrected chi connectivity index (χ1v) is 13.7. The standard InChI is InChI=1S/C30H28N4O5S/c1-5-38-24-12-11-19(15-25(24)39-6-2)27-22(29(36)37-4)17-32-30-34(27)28(35)26(40-30)16-21-18(3)33(14-13-31)23-10-8-7-9-20(21)23/h7-12,15-17,27H,5-6,14H2,1-4H3/b26-16+/t27-/m0/s1. The molecule has 10 heteroatoms. The van der Waals surface area contributed by atoms with Crippen LogP contribution in [0.5, 0.6) is 11.5 Å². The quantitative estimate of drug-likeness (QED) is 0.307. The molecule has 40 heavy (non-hydrogen) atoms. The van der Waals surface area contributed by atoms with Crippen LogP contribution >= 0.6 is 11.3 Å². The number of nitriles is 1. The predicted molar refractivity (Wildman–Crippen MR) is 152 cm³/mol. The first-order valence-electron chi connectivity index (χ1n) is 12.9. The van der Waals surface area contributed by atoms with Crippen LogP contribution in [0.4, 0.5) is 0 Å². The van der Waals surface area contributed by atoms with Gasteiger partial charge < -0.3 is 18.8 Å². The summed E-state index contributed by atoms with van der Waals surface area (Å²) in [5.74, 6) is 0.518. The summed E-state index contributed by atoms with van der Waals surface area (Å²) in [6.07, 6.45) is 3.31. The molecule has 0 saturated heterocycles. The van der Waals surface area contributed by atoms with Gasteiger partial charge in [-0.1, -0.05) is 35.6 Å². The third kappa shape index (κ3) is 4.58. The van der Waals surface area contributed by atoms with Crippen molar-refractivity contribution in [2.75, 3.05) is 20.3 Å². The van der Waals surface area contributed by atoms with Crippen molar-refractivity contribution in [1.82, 2.24) is 9.13 Å². The Hall–Kier alpha value is -4.62. The van der Waals surface area contributed by atoms with Crippen LogP contribution < -0.4 is 24.4 Å². The van der Waals surface area contributed by atoms with Crippen LogP contribution in [0.3, 0.4) is 0 Å². The normalized spacial score (nSPS) is 14.7. The van der Waals surface area contributed by atoms with Crippen LogP contribution in [0.15, 0.2) is 64.0 Å². The minimum Gasteiger partial charge on any atom is -0.490 e. The highest BCUT2D eigenvalue weighted by molar-refractivity contribution is 7.07. The van der Waals surface area contributed by atoms with Crippen LogP contribution in [0, 0.1) is 18.3 Å². The summed E-state index contributed by atoms with van der Waals surface area (Å²) in [5, 5.41) is 10.3. The van der Waals surface area contributed by atoms with Gasteiger partial charge in [0.1, 0.15) is 6.54 Å². The maximum Gasteiger partial charge on any atom is 0.337 e. The van der Waals surface area contributed by atoms with Crippen molar-refractivity contribution < 1.29 is 19.0 Å². The number of ether oxygens (including phenoxy) is 3. The van der Waals surface area contributed by atoms with Gasteiger partial charge in [0, 0.05) is 28.4 Å². The van der Waals surface area contributed by atoms with Crippen molar-refractivity contribution in [3.8, 4) is 17.6 Å². The molecule has 2 aromatic heterocycles.